The summed E-state index contributed by atoms with van der Waals surface area (Å²) < 4.78 is 5.35. The van der Waals surface area contributed by atoms with Crippen LogP contribution in [0.2, 0.25) is 0 Å². The number of urea groups is 1. The number of nitrogens with zero attached hydrogens (tertiary/aromatic N) is 2. The summed E-state index contributed by atoms with van der Waals surface area (Å²) in [5.41, 5.74) is 2.55. The second-order valence-corrected chi connectivity index (χ2v) is 6.39. The van der Waals surface area contributed by atoms with Gasteiger partial charge in [-0.2, -0.15) is 0 Å². The third-order valence-electron chi connectivity index (χ3n) is 4.87. The van der Waals surface area contributed by atoms with Crippen molar-refractivity contribution >= 4 is 6.03 Å². The van der Waals surface area contributed by atoms with Crippen LogP contribution in [0.1, 0.15) is 30.0 Å². The first-order valence-corrected chi connectivity index (χ1v) is 8.66. The van der Waals surface area contributed by atoms with Crippen molar-refractivity contribution in [2.75, 3.05) is 45.9 Å². The minimum Gasteiger partial charge on any atom is -0.379 e. The SMILES string of the molecule is Cc1ccccc1[C@H]1CCCN1C(=O)NCCN1CCOCC1. The Labute approximate surface area is 138 Å². The zero-order chi connectivity index (χ0) is 16.1. The lowest BCUT2D eigenvalue weighted by Gasteiger charge is -2.29. The molecule has 0 aliphatic carbocycles. The van der Waals surface area contributed by atoms with E-state index in [0.717, 1.165) is 52.2 Å². The molecule has 0 bridgehead atoms. The molecule has 5 nitrogen and oxygen atoms in total. The fraction of sp³-hybridized carbons (Fsp3) is 0.611. The van der Waals surface area contributed by atoms with E-state index < -0.39 is 0 Å². The summed E-state index contributed by atoms with van der Waals surface area (Å²) in [6.07, 6.45) is 2.14. The summed E-state index contributed by atoms with van der Waals surface area (Å²) >= 11 is 0. The molecule has 0 unspecified atom stereocenters. The van der Waals surface area contributed by atoms with E-state index >= 15 is 0 Å². The van der Waals surface area contributed by atoms with Gasteiger partial charge in [0.05, 0.1) is 19.3 Å². The summed E-state index contributed by atoms with van der Waals surface area (Å²) in [6.45, 7) is 8.11. The summed E-state index contributed by atoms with van der Waals surface area (Å²) in [7, 11) is 0. The highest BCUT2D eigenvalue weighted by Crippen LogP contribution is 2.33. The van der Waals surface area contributed by atoms with Crippen LogP contribution < -0.4 is 5.32 Å². The predicted octanol–water partition coefficient (Wildman–Crippen LogP) is 2.17. The Kier molecular flexibility index (Phi) is 5.51. The predicted molar refractivity (Wildman–Crippen MR) is 90.5 cm³/mol. The second kappa shape index (κ2) is 7.79. The molecule has 3 rings (SSSR count). The first kappa shape index (κ1) is 16.3. The number of rotatable bonds is 4. The molecule has 5 heteroatoms. The molecule has 2 saturated heterocycles. The van der Waals surface area contributed by atoms with Gasteiger partial charge in [0.2, 0.25) is 0 Å². The van der Waals surface area contributed by atoms with Crippen molar-refractivity contribution < 1.29 is 9.53 Å². The third-order valence-corrected chi connectivity index (χ3v) is 4.87. The van der Waals surface area contributed by atoms with Crippen molar-refractivity contribution in [2.45, 2.75) is 25.8 Å². The van der Waals surface area contributed by atoms with Gasteiger partial charge in [0.15, 0.2) is 0 Å². The second-order valence-electron chi connectivity index (χ2n) is 6.39. The highest BCUT2D eigenvalue weighted by atomic mass is 16.5. The molecule has 0 aromatic heterocycles. The average Bonchev–Trinajstić information content (AvgIpc) is 3.06. The number of benzene rings is 1. The molecule has 126 valence electrons. The maximum atomic E-state index is 12.6. The lowest BCUT2D eigenvalue weighted by molar-refractivity contribution is 0.0385. The summed E-state index contributed by atoms with van der Waals surface area (Å²) in [4.78, 5) is 16.9. The van der Waals surface area contributed by atoms with E-state index in [4.69, 9.17) is 4.74 Å². The Bertz CT molecular complexity index is 529. The monoisotopic (exact) mass is 317 g/mol. The molecule has 1 atom stereocenters. The third kappa shape index (κ3) is 4.03. The van der Waals surface area contributed by atoms with Gasteiger partial charge in [0.25, 0.3) is 0 Å². The van der Waals surface area contributed by atoms with Crippen LogP contribution in [0, 0.1) is 6.92 Å². The topological polar surface area (TPSA) is 44.8 Å². The molecular weight excluding hydrogens is 290 g/mol. The highest BCUT2D eigenvalue weighted by Gasteiger charge is 2.30. The maximum Gasteiger partial charge on any atom is 0.317 e. The molecule has 2 aliphatic heterocycles. The van der Waals surface area contributed by atoms with Crippen LogP contribution in [0.3, 0.4) is 0 Å². The van der Waals surface area contributed by atoms with Crippen LogP contribution in [0.5, 0.6) is 0 Å². The summed E-state index contributed by atoms with van der Waals surface area (Å²) in [6, 6.07) is 8.69. The van der Waals surface area contributed by atoms with E-state index in [9.17, 15) is 4.79 Å². The van der Waals surface area contributed by atoms with Crippen LogP contribution >= 0.6 is 0 Å². The van der Waals surface area contributed by atoms with E-state index in [1.165, 1.54) is 11.1 Å². The van der Waals surface area contributed by atoms with Crippen molar-refractivity contribution in [1.29, 1.82) is 0 Å². The molecule has 2 amide bonds. The number of likely N-dealkylation sites (tertiary alicyclic amines) is 1. The van der Waals surface area contributed by atoms with E-state index in [1.54, 1.807) is 0 Å². The number of hydrogen-bond acceptors (Lipinski definition) is 3. The minimum absolute atomic E-state index is 0.0732. The number of nitrogens with one attached hydrogen (secondary N) is 1. The van der Waals surface area contributed by atoms with Crippen LogP contribution in [0.25, 0.3) is 0 Å². The molecule has 2 aliphatic rings. The quantitative estimate of drug-likeness (QED) is 0.926. The Hall–Kier alpha value is -1.59. The number of amides is 2. The smallest absolute Gasteiger partial charge is 0.317 e. The Morgan fingerprint density at radius 2 is 2.04 bits per heavy atom. The van der Waals surface area contributed by atoms with Crippen molar-refractivity contribution in [3.8, 4) is 0 Å². The fourth-order valence-electron chi connectivity index (χ4n) is 3.54. The molecule has 0 saturated carbocycles. The van der Waals surface area contributed by atoms with Crippen molar-refractivity contribution in [1.82, 2.24) is 15.1 Å². The molecular formula is C18H27N3O2. The fourth-order valence-corrected chi connectivity index (χ4v) is 3.54. The largest absolute Gasteiger partial charge is 0.379 e. The molecule has 2 heterocycles. The number of ether oxygens (including phenoxy) is 1. The van der Waals surface area contributed by atoms with E-state index in [-0.39, 0.29) is 12.1 Å². The zero-order valence-electron chi connectivity index (χ0n) is 14.0. The molecule has 1 N–H and O–H groups in total. The van der Waals surface area contributed by atoms with Gasteiger partial charge < -0.3 is 15.0 Å². The first-order valence-electron chi connectivity index (χ1n) is 8.66. The molecule has 0 spiro atoms. The van der Waals surface area contributed by atoms with Crippen LogP contribution in [0.4, 0.5) is 4.79 Å². The van der Waals surface area contributed by atoms with Crippen LogP contribution in [0.15, 0.2) is 24.3 Å². The van der Waals surface area contributed by atoms with Crippen LogP contribution in [-0.2, 0) is 4.74 Å². The molecule has 1 aromatic carbocycles. The average molecular weight is 317 g/mol. The van der Waals surface area contributed by atoms with Gasteiger partial charge in [-0.25, -0.2) is 4.79 Å². The van der Waals surface area contributed by atoms with E-state index in [0.29, 0.717) is 6.54 Å². The van der Waals surface area contributed by atoms with Gasteiger partial charge in [-0.15, -0.1) is 0 Å². The highest BCUT2D eigenvalue weighted by molar-refractivity contribution is 5.75. The lowest BCUT2D eigenvalue weighted by Crippen LogP contribution is -2.45. The number of carbonyl (C=O) groups excluding carboxylic acids is 1. The number of aryl methyl sites for hydroxylation is 1. The van der Waals surface area contributed by atoms with Crippen molar-refractivity contribution in [2.24, 2.45) is 0 Å². The molecule has 0 radical (unpaired) electrons. The van der Waals surface area contributed by atoms with Crippen molar-refractivity contribution in [3.05, 3.63) is 35.4 Å². The Balaban J connectivity index is 1.53. The molecule has 2 fully saturated rings. The van der Waals surface area contributed by atoms with Gasteiger partial charge in [0.1, 0.15) is 0 Å². The van der Waals surface area contributed by atoms with Gasteiger partial charge in [-0.1, -0.05) is 24.3 Å². The van der Waals surface area contributed by atoms with E-state index in [2.05, 4.69) is 41.4 Å². The molecule has 23 heavy (non-hydrogen) atoms. The normalized spacial score (nSPS) is 22.3. The zero-order valence-corrected chi connectivity index (χ0v) is 14.0. The molecule has 1 aromatic rings. The minimum atomic E-state index is 0.0732. The van der Waals surface area contributed by atoms with Crippen molar-refractivity contribution in [3.63, 3.8) is 0 Å². The number of hydrogen-bond donors (Lipinski definition) is 1. The Morgan fingerprint density at radius 1 is 1.26 bits per heavy atom. The first-order chi connectivity index (χ1) is 11.3. The van der Waals surface area contributed by atoms with Crippen LogP contribution in [-0.4, -0.2) is 61.8 Å². The summed E-state index contributed by atoms with van der Waals surface area (Å²) in [5, 5.41) is 3.10. The lowest BCUT2D eigenvalue weighted by atomic mass is 9.99. The maximum absolute atomic E-state index is 12.6. The van der Waals surface area contributed by atoms with Gasteiger partial charge in [-0.05, 0) is 30.9 Å². The standard InChI is InChI=1S/C18H27N3O2/c1-15-5-2-3-6-16(15)17-7-4-9-21(17)18(22)19-8-10-20-11-13-23-14-12-20/h2-3,5-6,17H,4,7-14H2,1H3,(H,19,22)/t17-/m1/s1. The number of carbonyl (C=O) groups is 1. The summed E-state index contributed by atoms with van der Waals surface area (Å²) in [5.74, 6) is 0. The van der Waals surface area contributed by atoms with Gasteiger partial charge in [0, 0.05) is 32.7 Å². The number of morpholine rings is 1. The van der Waals surface area contributed by atoms with Gasteiger partial charge in [-0.3, -0.25) is 4.90 Å². The van der Waals surface area contributed by atoms with Gasteiger partial charge >= 0.3 is 6.03 Å². The van der Waals surface area contributed by atoms with E-state index in [1.807, 2.05) is 4.90 Å². The Morgan fingerprint density at radius 3 is 2.83 bits per heavy atom.